The monoisotopic (exact) mass is 768 g/mol. The van der Waals surface area contributed by atoms with Crippen molar-refractivity contribution in [3.63, 3.8) is 0 Å². The van der Waals surface area contributed by atoms with Gasteiger partial charge in [0, 0.05) is 42.3 Å². The van der Waals surface area contributed by atoms with Crippen molar-refractivity contribution in [3.8, 4) is 23.0 Å². The van der Waals surface area contributed by atoms with Crippen LogP contribution in [0.15, 0.2) is 67.0 Å². The zero-order valence-corrected chi connectivity index (χ0v) is 32.7. The summed E-state index contributed by atoms with van der Waals surface area (Å²) in [6.07, 6.45) is 9.89. The van der Waals surface area contributed by atoms with Crippen LogP contribution < -0.4 is 10.1 Å². The van der Waals surface area contributed by atoms with E-state index in [-0.39, 0.29) is 53.3 Å². The number of nitrogens with one attached hydrogen (secondary N) is 2. The Morgan fingerprint density at radius 2 is 1.75 bits per heavy atom. The summed E-state index contributed by atoms with van der Waals surface area (Å²) in [4.78, 5) is 3.06. The van der Waals surface area contributed by atoms with Gasteiger partial charge >= 0.3 is 0 Å². The van der Waals surface area contributed by atoms with Crippen LogP contribution in [0, 0.1) is 17.8 Å². The van der Waals surface area contributed by atoms with Crippen molar-refractivity contribution in [1.82, 2.24) is 10.3 Å². The molecule has 1 saturated heterocycles. The lowest BCUT2D eigenvalue weighted by molar-refractivity contribution is -0.154. The number of methoxy groups -OCH3 is 1. The summed E-state index contributed by atoms with van der Waals surface area (Å²) < 4.78 is 12.6. The van der Waals surface area contributed by atoms with Gasteiger partial charge in [-0.1, -0.05) is 42.5 Å². The van der Waals surface area contributed by atoms with Gasteiger partial charge in [0.15, 0.2) is 11.5 Å². The molecule has 7 rings (SSSR count). The van der Waals surface area contributed by atoms with Crippen LogP contribution in [-0.4, -0.2) is 74.6 Å². The Morgan fingerprint density at radius 3 is 2.48 bits per heavy atom. The summed E-state index contributed by atoms with van der Waals surface area (Å²) in [6.45, 7) is 0.410. The van der Waals surface area contributed by atoms with Gasteiger partial charge in [-0.15, -0.1) is 0 Å². The van der Waals surface area contributed by atoms with Gasteiger partial charge in [0.25, 0.3) is 0 Å². The Balaban J connectivity index is 1.15. The van der Waals surface area contributed by atoms with Crippen LogP contribution in [0.3, 0.4) is 0 Å². The van der Waals surface area contributed by atoms with Crippen LogP contribution in [-0.2, 0) is 24.2 Å². The van der Waals surface area contributed by atoms with E-state index in [2.05, 4.69) is 28.5 Å². The molecule has 10 heteroatoms. The number of phenols is 3. The number of aryl methyl sites for hydroxylation is 1. The Kier molecular flexibility index (Phi) is 12.9. The van der Waals surface area contributed by atoms with Crippen molar-refractivity contribution >= 4 is 0 Å². The Hall–Kier alpha value is -4.06. The number of ether oxygens (including phenoxy) is 2. The molecule has 2 aliphatic carbocycles. The first kappa shape index (κ1) is 40.1. The number of aromatic hydroxyl groups is 3. The Labute approximate surface area is 330 Å². The van der Waals surface area contributed by atoms with Crippen molar-refractivity contribution in [2.75, 3.05) is 20.7 Å². The normalized spacial score (nSPS) is 27.1. The second-order valence-electron chi connectivity index (χ2n) is 16.5. The molecular formula is C46H60N2O8. The third kappa shape index (κ3) is 8.46. The van der Waals surface area contributed by atoms with Crippen LogP contribution >= 0.6 is 0 Å². The number of benzene rings is 3. The SMILES string of the molecule is CNCCC1CCC(C(O)CCc2ccccc2)C(c2cc(C3CCC4C(O)CC(c5c(CO)c(O)c(O)c(OC)c5Cc5cc[nH]c5)OC4C3)ccc2O)C1. The number of H-pyrrole nitrogens is 1. The highest BCUT2D eigenvalue weighted by molar-refractivity contribution is 5.64. The molecule has 1 aromatic heterocycles. The van der Waals surface area contributed by atoms with Crippen LogP contribution in [0.2, 0.25) is 0 Å². The summed E-state index contributed by atoms with van der Waals surface area (Å²) in [5.74, 6) is 0.123. The number of hydrogen-bond acceptors (Lipinski definition) is 9. The highest BCUT2D eigenvalue weighted by Gasteiger charge is 2.45. The highest BCUT2D eigenvalue weighted by atomic mass is 16.5. The number of rotatable bonds is 14. The zero-order chi connectivity index (χ0) is 39.3. The molecule has 1 aliphatic heterocycles. The maximum absolute atomic E-state index is 11.7. The molecule has 3 aromatic carbocycles. The maximum Gasteiger partial charge on any atom is 0.201 e. The fourth-order valence-electron chi connectivity index (χ4n) is 10.3. The second kappa shape index (κ2) is 18.0. The number of aromatic nitrogens is 1. The van der Waals surface area contributed by atoms with Crippen LogP contribution in [0.4, 0.5) is 0 Å². The van der Waals surface area contributed by atoms with Gasteiger partial charge in [0.1, 0.15) is 5.75 Å². The first-order valence-electron chi connectivity index (χ1n) is 20.6. The number of fused-ring (bicyclic) bond motifs is 1. The molecule has 9 atom stereocenters. The van der Waals surface area contributed by atoms with E-state index in [0.717, 1.165) is 68.2 Å². The lowest BCUT2D eigenvalue weighted by atomic mass is 9.66. The Bertz CT molecular complexity index is 1880. The van der Waals surface area contributed by atoms with Crippen LogP contribution in [0.1, 0.15) is 115 Å². The van der Waals surface area contributed by atoms with E-state index >= 15 is 0 Å². The molecule has 2 heterocycles. The van der Waals surface area contributed by atoms with Crippen molar-refractivity contribution in [2.45, 2.75) is 113 Å². The number of hydrogen-bond donors (Lipinski definition) is 8. The molecule has 3 fully saturated rings. The van der Waals surface area contributed by atoms with E-state index in [1.807, 2.05) is 55.8 Å². The van der Waals surface area contributed by atoms with Gasteiger partial charge in [0.05, 0.1) is 38.1 Å². The largest absolute Gasteiger partial charge is 0.508 e. The second-order valence-corrected chi connectivity index (χ2v) is 16.5. The predicted octanol–water partition coefficient (Wildman–Crippen LogP) is 7.10. The smallest absolute Gasteiger partial charge is 0.201 e. The maximum atomic E-state index is 11.7. The standard InChI is InChI=1S/C46H60N2O8/c1-47-18-16-28-8-12-32(38(50)14-9-27-6-4-3-5-7-27)34(20-28)35-22-30(11-15-39(35)51)31-10-13-33-40(52)24-42(56-41(33)23-31)43-36(21-29-17-19-48-25-29)46(55-2)45(54)44(53)37(43)26-49/h3-7,11,15,17,19,22,25,28,31-34,38,40-42,47-54H,8-10,12-14,16,18,20-21,23-24,26H2,1-2H3. The number of aliphatic hydroxyl groups is 3. The van der Waals surface area contributed by atoms with Gasteiger partial charge in [-0.05, 0) is 135 Å². The highest BCUT2D eigenvalue weighted by Crippen LogP contribution is 2.53. The predicted molar refractivity (Wildman–Crippen MR) is 215 cm³/mol. The number of aliphatic hydroxyl groups excluding tert-OH is 3. The molecule has 0 bridgehead atoms. The lowest BCUT2D eigenvalue weighted by Gasteiger charge is -2.46. The molecule has 56 heavy (non-hydrogen) atoms. The van der Waals surface area contributed by atoms with Crippen LogP contribution in [0.5, 0.6) is 23.0 Å². The van der Waals surface area contributed by atoms with E-state index in [0.29, 0.717) is 36.3 Å². The topological polar surface area (TPSA) is 168 Å². The van der Waals surface area contributed by atoms with E-state index in [1.54, 1.807) is 0 Å². The summed E-state index contributed by atoms with van der Waals surface area (Å²) in [5, 5.41) is 70.6. The molecule has 0 radical (unpaired) electrons. The van der Waals surface area contributed by atoms with E-state index < -0.39 is 36.4 Å². The molecule has 10 nitrogen and oxygen atoms in total. The van der Waals surface area contributed by atoms with Gasteiger partial charge in [-0.3, -0.25) is 0 Å². The summed E-state index contributed by atoms with van der Waals surface area (Å²) in [5.41, 5.74) is 5.48. The van der Waals surface area contributed by atoms with Crippen molar-refractivity contribution in [1.29, 1.82) is 0 Å². The van der Waals surface area contributed by atoms with Crippen LogP contribution in [0.25, 0.3) is 0 Å². The Morgan fingerprint density at radius 1 is 0.929 bits per heavy atom. The first-order chi connectivity index (χ1) is 27.2. The quantitative estimate of drug-likeness (QED) is 0.0625. The average Bonchev–Trinajstić information content (AvgIpc) is 3.74. The molecule has 2 saturated carbocycles. The molecule has 0 amide bonds. The zero-order valence-electron chi connectivity index (χ0n) is 32.7. The molecule has 9 unspecified atom stereocenters. The minimum Gasteiger partial charge on any atom is -0.508 e. The molecular weight excluding hydrogens is 709 g/mol. The lowest BCUT2D eigenvalue weighted by Crippen LogP contribution is -2.44. The molecule has 0 spiro atoms. The van der Waals surface area contributed by atoms with Gasteiger partial charge in [-0.25, -0.2) is 0 Å². The fourth-order valence-corrected chi connectivity index (χ4v) is 10.3. The summed E-state index contributed by atoms with van der Waals surface area (Å²) in [7, 11) is 3.42. The minimum absolute atomic E-state index is 0.0253. The summed E-state index contributed by atoms with van der Waals surface area (Å²) >= 11 is 0. The van der Waals surface area contributed by atoms with E-state index in [1.165, 1.54) is 12.7 Å². The summed E-state index contributed by atoms with van der Waals surface area (Å²) in [6, 6.07) is 18.3. The fraction of sp³-hybridized carbons (Fsp3) is 0.522. The molecule has 8 N–H and O–H groups in total. The minimum atomic E-state index is -0.668. The number of aromatic amines is 1. The first-order valence-corrected chi connectivity index (χ1v) is 20.6. The third-order valence-electron chi connectivity index (χ3n) is 13.3. The third-order valence-corrected chi connectivity index (χ3v) is 13.3. The average molecular weight is 769 g/mol. The molecule has 4 aromatic rings. The van der Waals surface area contributed by atoms with Gasteiger partial charge in [0.2, 0.25) is 5.75 Å². The van der Waals surface area contributed by atoms with Gasteiger partial charge < -0.3 is 50.4 Å². The van der Waals surface area contributed by atoms with E-state index in [9.17, 15) is 30.6 Å². The van der Waals surface area contributed by atoms with Crippen molar-refractivity contribution in [3.05, 3.63) is 106 Å². The number of phenolic OH excluding ortho intramolecular Hbond substituents is 2. The molecule has 302 valence electrons. The van der Waals surface area contributed by atoms with Crippen molar-refractivity contribution in [2.24, 2.45) is 17.8 Å². The molecule has 3 aliphatic rings. The van der Waals surface area contributed by atoms with Gasteiger partial charge in [-0.2, -0.15) is 0 Å². The van der Waals surface area contributed by atoms with Crippen molar-refractivity contribution < 1.29 is 40.1 Å². The van der Waals surface area contributed by atoms with E-state index in [4.69, 9.17) is 9.47 Å².